The molecule has 0 spiro atoms. The van der Waals surface area contributed by atoms with Gasteiger partial charge in [0, 0.05) is 16.8 Å². The van der Waals surface area contributed by atoms with E-state index in [1.165, 1.54) is 30.3 Å². The number of carbonyl (C=O) groups is 2. The molecule has 0 aliphatic heterocycles. The molecule has 0 aliphatic carbocycles. The highest BCUT2D eigenvalue weighted by atomic mass is 32.2. The number of rotatable bonds is 8. The van der Waals surface area contributed by atoms with E-state index in [2.05, 4.69) is 15.6 Å². The van der Waals surface area contributed by atoms with E-state index in [4.69, 9.17) is 4.74 Å². The Hall–Kier alpha value is -4.11. The molecule has 2 amide bonds. The lowest BCUT2D eigenvalue weighted by atomic mass is 10.2. The molecule has 0 aliphatic rings. The predicted octanol–water partition coefficient (Wildman–Crippen LogP) is 3.57. The van der Waals surface area contributed by atoms with Gasteiger partial charge in [-0.1, -0.05) is 30.3 Å². The van der Waals surface area contributed by atoms with Gasteiger partial charge in [0.15, 0.2) is 0 Å². The van der Waals surface area contributed by atoms with E-state index in [9.17, 15) is 18.0 Å². The highest BCUT2D eigenvalue weighted by molar-refractivity contribution is 7.95. The number of hydrogen-bond acceptors (Lipinski definition) is 5. The first-order valence-electron chi connectivity index (χ1n) is 10.1. The van der Waals surface area contributed by atoms with Crippen molar-refractivity contribution in [2.75, 3.05) is 11.3 Å². The van der Waals surface area contributed by atoms with Crippen LogP contribution in [0.2, 0.25) is 0 Å². The number of carbonyl (C=O) groups excluding carboxylic acids is 2. The van der Waals surface area contributed by atoms with E-state index in [0.717, 1.165) is 11.0 Å². The van der Waals surface area contributed by atoms with Crippen LogP contribution in [0.4, 0.5) is 5.69 Å². The van der Waals surface area contributed by atoms with Crippen molar-refractivity contribution >= 4 is 33.6 Å². The first-order chi connectivity index (χ1) is 15.9. The summed E-state index contributed by atoms with van der Waals surface area (Å²) >= 11 is 0. The second kappa shape index (κ2) is 11.0. The van der Waals surface area contributed by atoms with Gasteiger partial charge < -0.3 is 4.74 Å². The molecular formula is C24H23N3O5S. The molecule has 0 unspecified atom stereocenters. The minimum Gasteiger partial charge on any atom is -0.494 e. The first kappa shape index (κ1) is 23.6. The van der Waals surface area contributed by atoms with E-state index in [1.807, 2.05) is 25.1 Å². The number of ether oxygens (including phenoxy) is 1. The van der Waals surface area contributed by atoms with Crippen LogP contribution in [0.1, 0.15) is 33.2 Å². The van der Waals surface area contributed by atoms with Crippen molar-refractivity contribution in [1.82, 2.24) is 10.9 Å². The number of sulfonamides is 1. The Kier molecular flexibility index (Phi) is 7.82. The molecule has 0 atom stereocenters. The lowest BCUT2D eigenvalue weighted by molar-refractivity contribution is 0.0846. The number of amides is 2. The summed E-state index contributed by atoms with van der Waals surface area (Å²) in [5.74, 6) is -0.391. The molecular weight excluding hydrogens is 442 g/mol. The summed E-state index contributed by atoms with van der Waals surface area (Å²) in [6.45, 7) is 2.38. The summed E-state index contributed by atoms with van der Waals surface area (Å²) in [7, 11) is -3.72. The van der Waals surface area contributed by atoms with Crippen LogP contribution in [0.25, 0.3) is 6.08 Å². The second-order valence-electron chi connectivity index (χ2n) is 6.80. The monoisotopic (exact) mass is 465 g/mol. The van der Waals surface area contributed by atoms with E-state index in [0.29, 0.717) is 23.6 Å². The summed E-state index contributed by atoms with van der Waals surface area (Å²) in [4.78, 5) is 24.5. The van der Waals surface area contributed by atoms with Crippen molar-refractivity contribution < 1.29 is 22.7 Å². The summed E-state index contributed by atoms with van der Waals surface area (Å²) in [6, 6.07) is 21.3. The molecule has 0 fully saturated rings. The minimum absolute atomic E-state index is 0.241. The number of hydrogen-bond donors (Lipinski definition) is 3. The third kappa shape index (κ3) is 7.22. The summed E-state index contributed by atoms with van der Waals surface area (Å²) < 4.78 is 32.2. The highest BCUT2D eigenvalue weighted by Crippen LogP contribution is 2.14. The van der Waals surface area contributed by atoms with Crippen LogP contribution in [0.3, 0.4) is 0 Å². The summed E-state index contributed by atoms with van der Waals surface area (Å²) in [5.41, 5.74) is 6.30. The lowest BCUT2D eigenvalue weighted by Gasteiger charge is -2.09. The predicted molar refractivity (Wildman–Crippen MR) is 127 cm³/mol. The quantitative estimate of drug-likeness (QED) is 0.440. The largest absolute Gasteiger partial charge is 0.494 e. The van der Waals surface area contributed by atoms with Crippen LogP contribution < -0.4 is 20.3 Å². The Balaban J connectivity index is 1.54. The summed E-state index contributed by atoms with van der Waals surface area (Å²) in [5, 5.41) is 1.07. The van der Waals surface area contributed by atoms with Gasteiger partial charge in [0.25, 0.3) is 21.8 Å². The lowest BCUT2D eigenvalue weighted by Crippen LogP contribution is -2.41. The SMILES string of the molecule is CCOc1ccc(C(=O)NNC(=O)c2ccc(NS(=O)(=O)/C=C/c3ccccc3)cc2)cc1. The molecule has 3 aromatic carbocycles. The Labute approximate surface area is 192 Å². The molecule has 170 valence electrons. The molecule has 3 aromatic rings. The number of nitrogens with one attached hydrogen (secondary N) is 3. The Morgan fingerprint density at radius 1 is 0.818 bits per heavy atom. The molecule has 9 heteroatoms. The maximum atomic E-state index is 12.3. The number of anilines is 1. The van der Waals surface area contributed by atoms with Crippen LogP contribution in [-0.4, -0.2) is 26.8 Å². The highest BCUT2D eigenvalue weighted by Gasteiger charge is 2.11. The van der Waals surface area contributed by atoms with Gasteiger partial charge in [-0.3, -0.25) is 25.2 Å². The standard InChI is InChI=1S/C24H23N3O5S/c1-2-32-22-14-10-20(11-15-22)24(29)26-25-23(28)19-8-12-21(13-9-19)27-33(30,31)17-16-18-6-4-3-5-7-18/h3-17,27H,2H2,1H3,(H,25,28)(H,26,29)/b17-16+. The molecule has 0 bridgehead atoms. The molecule has 8 nitrogen and oxygen atoms in total. The average Bonchev–Trinajstić information content (AvgIpc) is 2.83. The first-order valence-corrected chi connectivity index (χ1v) is 11.6. The zero-order valence-electron chi connectivity index (χ0n) is 17.8. The van der Waals surface area contributed by atoms with Gasteiger partial charge in [-0.05, 0) is 67.1 Å². The third-order valence-corrected chi connectivity index (χ3v) is 5.38. The normalized spacial score (nSPS) is 11.1. The fraction of sp³-hybridized carbons (Fsp3) is 0.0833. The number of hydrazine groups is 1. The topological polar surface area (TPSA) is 114 Å². The van der Waals surface area contributed by atoms with Crippen LogP contribution in [0.5, 0.6) is 5.75 Å². The fourth-order valence-electron chi connectivity index (χ4n) is 2.75. The molecule has 0 aromatic heterocycles. The van der Waals surface area contributed by atoms with Crippen LogP contribution in [-0.2, 0) is 10.0 Å². The van der Waals surface area contributed by atoms with Crippen LogP contribution in [0.15, 0.2) is 84.3 Å². The zero-order chi connectivity index (χ0) is 23.7. The minimum atomic E-state index is -3.72. The maximum absolute atomic E-state index is 12.3. The van der Waals surface area contributed by atoms with Crippen LogP contribution in [0, 0.1) is 0 Å². The number of benzene rings is 3. The van der Waals surface area contributed by atoms with Crippen molar-refractivity contribution in [3.63, 3.8) is 0 Å². The second-order valence-corrected chi connectivity index (χ2v) is 8.37. The Morgan fingerprint density at radius 2 is 1.36 bits per heavy atom. The zero-order valence-corrected chi connectivity index (χ0v) is 18.6. The molecule has 0 radical (unpaired) electrons. The fourth-order valence-corrected chi connectivity index (χ4v) is 3.62. The van der Waals surface area contributed by atoms with Crippen molar-refractivity contribution in [2.45, 2.75) is 6.92 Å². The van der Waals surface area contributed by atoms with E-state index >= 15 is 0 Å². The van der Waals surface area contributed by atoms with Crippen molar-refractivity contribution in [2.24, 2.45) is 0 Å². The van der Waals surface area contributed by atoms with E-state index < -0.39 is 21.8 Å². The van der Waals surface area contributed by atoms with E-state index in [-0.39, 0.29) is 5.56 Å². The van der Waals surface area contributed by atoms with Gasteiger partial charge in [-0.2, -0.15) is 0 Å². The van der Waals surface area contributed by atoms with Crippen molar-refractivity contribution in [3.8, 4) is 5.75 Å². The Morgan fingerprint density at radius 3 is 1.91 bits per heavy atom. The van der Waals surface area contributed by atoms with E-state index in [1.54, 1.807) is 36.4 Å². The molecule has 0 heterocycles. The van der Waals surface area contributed by atoms with Gasteiger partial charge in [0.1, 0.15) is 5.75 Å². The Bertz CT molecular complexity index is 1220. The van der Waals surface area contributed by atoms with Crippen LogP contribution >= 0.6 is 0 Å². The van der Waals surface area contributed by atoms with Crippen molar-refractivity contribution in [3.05, 3.63) is 101 Å². The maximum Gasteiger partial charge on any atom is 0.269 e. The van der Waals surface area contributed by atoms with Gasteiger partial charge in [-0.25, -0.2) is 8.42 Å². The average molecular weight is 466 g/mol. The van der Waals surface area contributed by atoms with Gasteiger partial charge >= 0.3 is 0 Å². The van der Waals surface area contributed by atoms with Crippen molar-refractivity contribution in [1.29, 1.82) is 0 Å². The third-order valence-electron chi connectivity index (χ3n) is 4.36. The van der Waals surface area contributed by atoms with Gasteiger partial charge in [0.2, 0.25) is 0 Å². The summed E-state index contributed by atoms with van der Waals surface area (Å²) in [6.07, 6.45) is 1.48. The molecule has 0 saturated carbocycles. The molecule has 3 N–H and O–H groups in total. The smallest absolute Gasteiger partial charge is 0.269 e. The van der Waals surface area contributed by atoms with Gasteiger partial charge in [-0.15, -0.1) is 0 Å². The molecule has 0 saturated heterocycles. The molecule has 33 heavy (non-hydrogen) atoms. The van der Waals surface area contributed by atoms with Gasteiger partial charge in [0.05, 0.1) is 12.0 Å². The molecule has 3 rings (SSSR count).